The molecule has 3 rings (SSSR count). The molecule has 2 N–H and O–H groups in total. The predicted molar refractivity (Wildman–Crippen MR) is 96.4 cm³/mol. The van der Waals surface area contributed by atoms with E-state index in [0.717, 1.165) is 11.8 Å². The van der Waals surface area contributed by atoms with Gasteiger partial charge in [-0.3, -0.25) is 10.1 Å². The molecule has 0 atom stereocenters. The van der Waals surface area contributed by atoms with E-state index in [1.165, 1.54) is 18.2 Å². The van der Waals surface area contributed by atoms with Gasteiger partial charge in [0.2, 0.25) is 16.2 Å². The number of hydrogen-bond acceptors (Lipinski definition) is 5. The van der Waals surface area contributed by atoms with Gasteiger partial charge in [-0.25, -0.2) is 18.2 Å². The predicted octanol–water partition coefficient (Wildman–Crippen LogP) is 2.43. The molecule has 2 aromatic carbocycles. The molecule has 1 heterocycles. The van der Waals surface area contributed by atoms with Crippen LogP contribution in [0.1, 0.15) is 5.69 Å². The molecule has 0 aliphatic heterocycles. The van der Waals surface area contributed by atoms with Crippen LogP contribution in [0.3, 0.4) is 0 Å². The van der Waals surface area contributed by atoms with Crippen molar-refractivity contribution in [1.82, 2.24) is 9.78 Å². The molecule has 0 radical (unpaired) electrons. The number of nitrogens with zero attached hydrogens (tertiary/aromatic N) is 3. The summed E-state index contributed by atoms with van der Waals surface area (Å²) >= 11 is 0. The van der Waals surface area contributed by atoms with Crippen molar-refractivity contribution in [3.05, 3.63) is 82.7 Å². The molecule has 0 aliphatic rings. The van der Waals surface area contributed by atoms with E-state index < -0.39 is 14.9 Å². The Morgan fingerprint density at radius 2 is 1.73 bits per heavy atom. The number of primary sulfonamides is 1. The smallest absolute Gasteiger partial charge is 0.238 e. The molecule has 0 unspecified atom stereocenters. The van der Waals surface area contributed by atoms with Crippen LogP contribution in [0.15, 0.2) is 71.8 Å². The number of aromatic nitrogens is 2. The number of nitrogens with two attached hydrogens (primary N) is 1. The van der Waals surface area contributed by atoms with E-state index in [0.29, 0.717) is 17.1 Å². The number of hydrogen-bond donors (Lipinski definition) is 1. The van der Waals surface area contributed by atoms with Crippen LogP contribution in [-0.4, -0.2) is 23.1 Å². The third kappa shape index (κ3) is 3.85. The molecule has 0 bridgehead atoms. The Hall–Kier alpha value is -3.30. The summed E-state index contributed by atoms with van der Waals surface area (Å²) in [6.07, 6.45) is 2.10. The van der Waals surface area contributed by atoms with Gasteiger partial charge < -0.3 is 0 Å². The zero-order valence-electron chi connectivity index (χ0n) is 13.4. The van der Waals surface area contributed by atoms with Gasteiger partial charge in [-0.05, 0) is 30.3 Å². The first-order chi connectivity index (χ1) is 12.3. The van der Waals surface area contributed by atoms with Crippen LogP contribution in [0.2, 0.25) is 0 Å². The summed E-state index contributed by atoms with van der Waals surface area (Å²) in [5.74, 6) is 0. The molecular formula is C17H14N4O4S. The second-order valence-electron chi connectivity index (χ2n) is 5.37. The lowest BCUT2D eigenvalue weighted by Crippen LogP contribution is -2.12. The fraction of sp³-hybridized carbons (Fsp3) is 0. The molecule has 8 nitrogen and oxygen atoms in total. The lowest BCUT2D eigenvalue weighted by Gasteiger charge is -2.08. The Labute approximate surface area is 149 Å². The van der Waals surface area contributed by atoms with Crippen molar-refractivity contribution in [1.29, 1.82) is 0 Å². The van der Waals surface area contributed by atoms with Crippen LogP contribution >= 0.6 is 0 Å². The summed E-state index contributed by atoms with van der Waals surface area (Å²) < 4.78 is 24.4. The Morgan fingerprint density at radius 3 is 2.31 bits per heavy atom. The third-order valence-corrected chi connectivity index (χ3v) is 4.50. The first-order valence-corrected chi connectivity index (χ1v) is 9.00. The maximum atomic E-state index is 11.4. The Kier molecular flexibility index (Phi) is 4.65. The summed E-state index contributed by atoms with van der Waals surface area (Å²) in [5.41, 5.74) is 2.56. The average molecular weight is 370 g/mol. The highest BCUT2D eigenvalue weighted by Crippen LogP contribution is 2.25. The van der Waals surface area contributed by atoms with Crippen LogP contribution in [0.5, 0.6) is 0 Å². The van der Waals surface area contributed by atoms with Crippen molar-refractivity contribution < 1.29 is 13.3 Å². The highest BCUT2D eigenvalue weighted by Gasteiger charge is 2.13. The highest BCUT2D eigenvalue weighted by atomic mass is 32.2. The number of nitro groups is 1. The Balaban J connectivity index is 2.11. The van der Waals surface area contributed by atoms with Gasteiger partial charge in [0.1, 0.15) is 0 Å². The topological polar surface area (TPSA) is 121 Å². The van der Waals surface area contributed by atoms with E-state index in [1.54, 1.807) is 22.9 Å². The molecule has 0 amide bonds. The van der Waals surface area contributed by atoms with E-state index in [9.17, 15) is 18.5 Å². The molecule has 0 spiro atoms. The minimum absolute atomic E-state index is 0.0110. The molecule has 132 valence electrons. The van der Waals surface area contributed by atoms with Crippen LogP contribution in [0.25, 0.3) is 23.0 Å². The molecule has 0 aliphatic carbocycles. The van der Waals surface area contributed by atoms with Gasteiger partial charge in [-0.1, -0.05) is 30.3 Å². The summed E-state index contributed by atoms with van der Waals surface area (Å²) in [5, 5.41) is 20.0. The lowest BCUT2D eigenvalue weighted by molar-refractivity contribution is -0.401. The van der Waals surface area contributed by atoms with Crippen LogP contribution < -0.4 is 5.14 Å². The van der Waals surface area contributed by atoms with E-state index in [1.807, 2.05) is 30.3 Å². The number of sulfonamides is 1. The fourth-order valence-corrected chi connectivity index (χ4v) is 2.92. The van der Waals surface area contributed by atoms with Gasteiger partial charge >= 0.3 is 0 Å². The van der Waals surface area contributed by atoms with E-state index in [4.69, 9.17) is 5.14 Å². The molecule has 0 saturated carbocycles. The summed E-state index contributed by atoms with van der Waals surface area (Å²) in [4.78, 5) is 9.97. The number of benzene rings is 2. The normalized spacial score (nSPS) is 11.7. The van der Waals surface area contributed by atoms with Gasteiger partial charge in [-0.2, -0.15) is 5.10 Å². The average Bonchev–Trinajstić information content (AvgIpc) is 3.04. The van der Waals surface area contributed by atoms with E-state index in [-0.39, 0.29) is 4.90 Å². The maximum absolute atomic E-state index is 11.4. The SMILES string of the molecule is NS(=O)(=O)c1ccc(-n2nc(/C=C/[N+](=O)[O-])cc2-c2ccccc2)cc1. The van der Waals surface area contributed by atoms with Crippen molar-refractivity contribution in [3.63, 3.8) is 0 Å². The summed E-state index contributed by atoms with van der Waals surface area (Å²) in [7, 11) is -3.79. The summed E-state index contributed by atoms with van der Waals surface area (Å²) in [6.45, 7) is 0. The largest absolute Gasteiger partial charge is 0.259 e. The monoisotopic (exact) mass is 370 g/mol. The van der Waals surface area contributed by atoms with Crippen LogP contribution in [-0.2, 0) is 10.0 Å². The molecule has 26 heavy (non-hydrogen) atoms. The Morgan fingerprint density at radius 1 is 1.08 bits per heavy atom. The zero-order chi connectivity index (χ0) is 18.7. The first-order valence-electron chi connectivity index (χ1n) is 7.45. The van der Waals surface area contributed by atoms with Crippen molar-refractivity contribution in [2.24, 2.45) is 5.14 Å². The quantitative estimate of drug-likeness (QED) is 0.546. The van der Waals surface area contributed by atoms with E-state index in [2.05, 4.69) is 5.10 Å². The maximum Gasteiger partial charge on any atom is 0.238 e. The Bertz CT molecular complexity index is 1070. The van der Waals surface area contributed by atoms with Crippen molar-refractivity contribution in [3.8, 4) is 16.9 Å². The van der Waals surface area contributed by atoms with Gasteiger partial charge in [-0.15, -0.1) is 0 Å². The van der Waals surface area contributed by atoms with Gasteiger partial charge in [0.15, 0.2) is 0 Å². The standard InChI is InChI=1S/C17H14N4O4S/c18-26(24,25)16-8-6-15(7-9-16)21-17(13-4-2-1-3-5-13)12-14(19-21)10-11-20(22)23/h1-12H,(H2,18,24,25)/b11-10+. The second kappa shape index (κ2) is 6.90. The zero-order valence-corrected chi connectivity index (χ0v) is 14.2. The molecule has 3 aromatic rings. The van der Waals surface area contributed by atoms with Gasteiger partial charge in [0.25, 0.3) is 0 Å². The second-order valence-corrected chi connectivity index (χ2v) is 6.93. The molecule has 0 saturated heterocycles. The van der Waals surface area contributed by atoms with Crippen molar-refractivity contribution >= 4 is 16.1 Å². The van der Waals surface area contributed by atoms with Crippen LogP contribution in [0, 0.1) is 10.1 Å². The minimum atomic E-state index is -3.79. The van der Waals surface area contributed by atoms with Gasteiger partial charge in [0, 0.05) is 11.6 Å². The lowest BCUT2D eigenvalue weighted by atomic mass is 10.1. The minimum Gasteiger partial charge on any atom is -0.259 e. The molecule has 0 fully saturated rings. The first kappa shape index (κ1) is 17.5. The number of rotatable bonds is 5. The molecule has 1 aromatic heterocycles. The molecule has 9 heteroatoms. The fourth-order valence-electron chi connectivity index (χ4n) is 2.41. The highest BCUT2D eigenvalue weighted by molar-refractivity contribution is 7.89. The van der Waals surface area contributed by atoms with Crippen molar-refractivity contribution in [2.45, 2.75) is 4.90 Å². The van der Waals surface area contributed by atoms with Crippen molar-refractivity contribution in [2.75, 3.05) is 0 Å². The third-order valence-electron chi connectivity index (χ3n) is 3.57. The van der Waals surface area contributed by atoms with Crippen LogP contribution in [0.4, 0.5) is 0 Å². The van der Waals surface area contributed by atoms with Gasteiger partial charge in [0.05, 0.1) is 26.9 Å². The summed E-state index contributed by atoms with van der Waals surface area (Å²) in [6, 6.07) is 17.0. The van der Waals surface area contributed by atoms with E-state index >= 15 is 0 Å². The molecular weight excluding hydrogens is 356 g/mol.